The van der Waals surface area contributed by atoms with Gasteiger partial charge in [-0.2, -0.15) is 10.2 Å². The Morgan fingerprint density at radius 1 is 0.589 bits per heavy atom. The van der Waals surface area contributed by atoms with E-state index in [9.17, 15) is 33.5 Å². The molecule has 0 unspecified atom stereocenters. The lowest BCUT2D eigenvalue weighted by molar-refractivity contribution is 0.101. The highest BCUT2D eigenvalue weighted by Crippen LogP contribution is 2.25. The molecule has 0 radical (unpaired) electrons. The van der Waals surface area contributed by atoms with Crippen molar-refractivity contribution in [2.45, 2.75) is 20.8 Å². The quantitative estimate of drug-likeness (QED) is 0.0714. The molecule has 0 fully saturated rings. The average molecular weight is 982 g/mol. The third-order valence-corrected chi connectivity index (χ3v) is 10.6. The van der Waals surface area contributed by atoms with Crippen LogP contribution < -0.4 is 36.7 Å². The number of methoxy groups -OCH3 is 2. The van der Waals surface area contributed by atoms with E-state index in [0.717, 1.165) is 28.7 Å². The number of nitrogens with one attached hydrogen (secondary N) is 5. The number of rotatable bonds is 11. The predicted molar refractivity (Wildman–Crippen MR) is 276 cm³/mol. The predicted octanol–water partition coefficient (Wildman–Crippen LogP) is 9.29. The van der Waals surface area contributed by atoms with Gasteiger partial charge in [-0.3, -0.25) is 23.7 Å². The monoisotopic (exact) mass is 981 g/mol. The van der Waals surface area contributed by atoms with Gasteiger partial charge in [0.05, 0.1) is 31.3 Å². The summed E-state index contributed by atoms with van der Waals surface area (Å²) in [6.45, 7) is 5.40. The lowest BCUT2D eigenvalue weighted by Gasteiger charge is -2.09. The minimum Gasteiger partial charge on any atom is -0.507 e. The molecular formula is C55H48FN9O8. The van der Waals surface area contributed by atoms with Gasteiger partial charge >= 0.3 is 5.69 Å². The number of aromatic amines is 2. The summed E-state index contributed by atoms with van der Waals surface area (Å²) in [6, 6.07) is 43.9. The van der Waals surface area contributed by atoms with Gasteiger partial charge in [0.1, 0.15) is 34.5 Å². The van der Waals surface area contributed by atoms with Gasteiger partial charge in [0.15, 0.2) is 0 Å². The molecule has 0 atom stereocenters. The lowest BCUT2D eigenvalue weighted by atomic mass is 10.1. The van der Waals surface area contributed by atoms with Crippen LogP contribution in [0.5, 0.6) is 17.2 Å². The standard InChI is InChI=1S/C19H17N3O2.C18H14FN3O3.C18H17N3O3/c1-13-9-10-18(22-21-13)14-5-3-7-16(11-14)20-19(23)15-6-4-8-17(12-15)24-2;1-10-8-15(24)22-17(20-10)11-4-2-5-12(9-11)21-18(25)16-13(19)6-3-7-14(16)23;1-12-11-21(18(23)19-12)15-7-4-6-14(10-15)20-17(22)13-5-3-8-16(9-13)24-2/h3-12H,1-2H3,(H,20,23);2-9,23H,1H3,(H,21,25)(H,20,22,24);3-11H,1-2H3,(H,19,23)(H,20,22). The van der Waals surface area contributed by atoms with Crippen molar-refractivity contribution >= 4 is 34.8 Å². The number of hydrogen-bond donors (Lipinski definition) is 6. The van der Waals surface area contributed by atoms with Gasteiger partial charge in [-0.05, 0) is 124 Å². The van der Waals surface area contributed by atoms with E-state index in [1.807, 2.05) is 50.2 Å². The van der Waals surface area contributed by atoms with Crippen LogP contribution in [-0.2, 0) is 0 Å². The number of nitrogens with zero attached hydrogens (tertiary/aromatic N) is 4. The number of carbonyl (C=O) groups is 3. The van der Waals surface area contributed by atoms with Gasteiger partial charge in [-0.15, -0.1) is 0 Å². The number of ether oxygens (including phenoxy) is 2. The number of imidazole rings is 1. The highest BCUT2D eigenvalue weighted by atomic mass is 19.1. The van der Waals surface area contributed by atoms with Crippen molar-refractivity contribution in [2.75, 3.05) is 30.2 Å². The molecule has 0 bridgehead atoms. The SMILES string of the molecule is COc1cccc(C(=O)Nc2cccc(-c3ccc(C)nn3)c2)c1.COc1cccc(C(=O)Nc2cccc(-n3cc(C)[nH]c3=O)c2)c1.Cc1cc(=O)[nH]c(-c2cccc(NC(=O)c3c(O)cccc3F)c2)n1. The topological polar surface area (TPSA) is 235 Å². The second-order valence-electron chi connectivity index (χ2n) is 16.1. The van der Waals surface area contributed by atoms with Crippen LogP contribution in [0.3, 0.4) is 0 Å². The Hall–Kier alpha value is -9.97. The summed E-state index contributed by atoms with van der Waals surface area (Å²) in [5.74, 6) is -0.869. The third-order valence-electron chi connectivity index (χ3n) is 10.6. The van der Waals surface area contributed by atoms with Gasteiger partial charge in [0, 0.05) is 63.0 Å². The summed E-state index contributed by atoms with van der Waals surface area (Å²) in [7, 11) is 3.13. The molecule has 3 amide bonds. The molecule has 9 aromatic rings. The van der Waals surface area contributed by atoms with Crippen LogP contribution in [0.4, 0.5) is 21.5 Å². The average Bonchev–Trinajstić information content (AvgIpc) is 3.73. The second kappa shape index (κ2) is 23.6. The normalized spacial score (nSPS) is 10.4. The Morgan fingerprint density at radius 3 is 1.71 bits per heavy atom. The molecule has 6 aromatic carbocycles. The third kappa shape index (κ3) is 13.6. The number of halogens is 1. The molecule has 0 aliphatic carbocycles. The maximum Gasteiger partial charge on any atom is 0.330 e. The van der Waals surface area contributed by atoms with Crippen LogP contribution in [0.25, 0.3) is 28.3 Å². The summed E-state index contributed by atoms with van der Waals surface area (Å²) < 4.78 is 25.5. The van der Waals surface area contributed by atoms with Gasteiger partial charge in [-0.25, -0.2) is 14.2 Å². The molecule has 73 heavy (non-hydrogen) atoms. The first kappa shape index (κ1) is 50.9. The largest absolute Gasteiger partial charge is 0.507 e. The number of phenolic OH excluding ortho intramolecular Hbond substituents is 1. The zero-order valence-corrected chi connectivity index (χ0v) is 40.1. The number of anilines is 3. The molecule has 18 heteroatoms. The maximum absolute atomic E-state index is 13.8. The van der Waals surface area contributed by atoms with Crippen molar-refractivity contribution < 1.29 is 33.4 Å². The molecule has 0 aliphatic rings. The Bertz CT molecular complexity index is 3540. The number of aryl methyl sites for hydroxylation is 3. The number of hydrogen-bond acceptors (Lipinski definition) is 11. The zero-order valence-electron chi connectivity index (χ0n) is 40.1. The summed E-state index contributed by atoms with van der Waals surface area (Å²) in [4.78, 5) is 70.0. The number of benzene rings is 6. The van der Waals surface area contributed by atoms with Gasteiger partial charge in [-0.1, -0.05) is 48.5 Å². The molecular weight excluding hydrogens is 934 g/mol. The first-order valence-corrected chi connectivity index (χ1v) is 22.3. The zero-order chi connectivity index (χ0) is 52.0. The summed E-state index contributed by atoms with van der Waals surface area (Å²) in [6.07, 6.45) is 1.71. The van der Waals surface area contributed by atoms with Crippen molar-refractivity contribution in [3.05, 3.63) is 224 Å². The number of carbonyl (C=O) groups excluding carboxylic acids is 3. The maximum atomic E-state index is 13.8. The second-order valence-corrected chi connectivity index (χ2v) is 16.1. The molecule has 0 saturated heterocycles. The van der Waals surface area contributed by atoms with Crippen molar-refractivity contribution in [3.8, 4) is 45.6 Å². The highest BCUT2D eigenvalue weighted by Gasteiger charge is 2.17. The Labute approximate surface area is 417 Å². The van der Waals surface area contributed by atoms with Crippen molar-refractivity contribution in [1.82, 2.24) is 29.7 Å². The van der Waals surface area contributed by atoms with Gasteiger partial charge < -0.3 is 40.5 Å². The first-order chi connectivity index (χ1) is 35.2. The minimum atomic E-state index is -0.821. The highest BCUT2D eigenvalue weighted by molar-refractivity contribution is 6.07. The summed E-state index contributed by atoms with van der Waals surface area (Å²) in [5, 5.41) is 26.1. The van der Waals surface area contributed by atoms with Crippen LogP contribution in [0.1, 0.15) is 48.2 Å². The molecule has 6 N–H and O–H groups in total. The van der Waals surface area contributed by atoms with Gasteiger partial charge in [0.25, 0.3) is 23.3 Å². The molecule has 0 saturated carbocycles. The van der Waals surface area contributed by atoms with E-state index in [1.54, 1.807) is 124 Å². The van der Waals surface area contributed by atoms with E-state index in [2.05, 4.69) is 41.1 Å². The van der Waals surface area contributed by atoms with E-state index >= 15 is 0 Å². The van der Waals surface area contributed by atoms with Crippen molar-refractivity contribution in [1.29, 1.82) is 0 Å². The van der Waals surface area contributed by atoms with E-state index in [0.29, 0.717) is 62.5 Å². The van der Waals surface area contributed by atoms with Gasteiger partial charge in [0.2, 0.25) is 0 Å². The number of aromatic nitrogens is 6. The minimum absolute atomic E-state index is 0.193. The van der Waals surface area contributed by atoms with E-state index in [-0.39, 0.29) is 23.1 Å². The Balaban J connectivity index is 0.000000160. The van der Waals surface area contributed by atoms with Crippen LogP contribution in [0.15, 0.2) is 174 Å². The fourth-order valence-electron chi connectivity index (χ4n) is 7.07. The number of phenols is 1. The number of amides is 3. The Kier molecular flexibility index (Phi) is 16.4. The molecule has 17 nitrogen and oxygen atoms in total. The van der Waals surface area contributed by atoms with Crippen LogP contribution in [0, 0.1) is 26.6 Å². The summed E-state index contributed by atoms with van der Waals surface area (Å²) >= 11 is 0. The van der Waals surface area contributed by atoms with E-state index in [1.165, 1.54) is 22.8 Å². The summed E-state index contributed by atoms with van der Waals surface area (Å²) in [5.41, 5.74) is 6.86. The molecule has 9 rings (SSSR count). The smallest absolute Gasteiger partial charge is 0.330 e. The van der Waals surface area contributed by atoms with Crippen LogP contribution >= 0.6 is 0 Å². The molecule has 0 aliphatic heterocycles. The van der Waals surface area contributed by atoms with E-state index < -0.39 is 23.0 Å². The van der Waals surface area contributed by atoms with Crippen LogP contribution in [0.2, 0.25) is 0 Å². The fourth-order valence-corrected chi connectivity index (χ4v) is 7.07. The molecule has 3 aromatic heterocycles. The first-order valence-electron chi connectivity index (χ1n) is 22.3. The Morgan fingerprint density at radius 2 is 1.15 bits per heavy atom. The number of H-pyrrole nitrogens is 2. The fraction of sp³-hybridized carbons (Fsp3) is 0.0909. The molecule has 3 heterocycles. The van der Waals surface area contributed by atoms with Crippen LogP contribution in [-0.4, -0.2) is 66.8 Å². The number of aromatic hydroxyl groups is 1. The molecule has 0 spiro atoms. The van der Waals surface area contributed by atoms with Crippen molar-refractivity contribution in [3.63, 3.8) is 0 Å². The van der Waals surface area contributed by atoms with Crippen molar-refractivity contribution in [2.24, 2.45) is 0 Å². The molecule has 368 valence electrons. The lowest BCUT2D eigenvalue weighted by Crippen LogP contribution is -2.15. The van der Waals surface area contributed by atoms with E-state index in [4.69, 9.17) is 9.47 Å².